The van der Waals surface area contributed by atoms with Gasteiger partial charge < -0.3 is 14.7 Å². The SMILES string of the molecule is Nc1ccc(C(F)(F)F)cc1-c1nc(-c2ccoc2)no1. The minimum Gasteiger partial charge on any atom is -0.472 e. The molecule has 0 aliphatic carbocycles. The molecular weight excluding hydrogens is 287 g/mol. The molecule has 5 nitrogen and oxygen atoms in total. The van der Waals surface area contributed by atoms with E-state index in [1.54, 1.807) is 6.07 Å². The van der Waals surface area contributed by atoms with Crippen molar-refractivity contribution >= 4 is 5.69 Å². The van der Waals surface area contributed by atoms with Crippen molar-refractivity contribution in [2.75, 3.05) is 5.73 Å². The smallest absolute Gasteiger partial charge is 0.416 e. The molecular formula is C13H8F3N3O2. The summed E-state index contributed by atoms with van der Waals surface area (Å²) < 4.78 is 48.0. The molecule has 0 atom stereocenters. The average molecular weight is 295 g/mol. The van der Waals surface area contributed by atoms with E-state index in [4.69, 9.17) is 14.7 Å². The average Bonchev–Trinajstić information content (AvgIpc) is 3.09. The molecule has 1 aromatic carbocycles. The number of anilines is 1. The second-order valence-electron chi connectivity index (χ2n) is 4.23. The summed E-state index contributed by atoms with van der Waals surface area (Å²) >= 11 is 0. The van der Waals surface area contributed by atoms with Crippen molar-refractivity contribution in [2.24, 2.45) is 0 Å². The Labute approximate surface area is 116 Å². The van der Waals surface area contributed by atoms with Gasteiger partial charge in [-0.15, -0.1) is 0 Å². The molecule has 108 valence electrons. The molecule has 0 bridgehead atoms. The van der Waals surface area contributed by atoms with Gasteiger partial charge in [0.2, 0.25) is 5.82 Å². The van der Waals surface area contributed by atoms with Crippen LogP contribution in [-0.2, 0) is 6.18 Å². The minimum atomic E-state index is -4.48. The first-order valence-corrected chi connectivity index (χ1v) is 5.78. The van der Waals surface area contributed by atoms with Crippen molar-refractivity contribution in [2.45, 2.75) is 6.18 Å². The molecule has 0 unspecified atom stereocenters. The van der Waals surface area contributed by atoms with Gasteiger partial charge in [0.05, 0.1) is 23.0 Å². The van der Waals surface area contributed by atoms with E-state index in [1.165, 1.54) is 12.5 Å². The van der Waals surface area contributed by atoms with Crippen LogP contribution in [0.2, 0.25) is 0 Å². The number of nitrogens with two attached hydrogens (primary N) is 1. The topological polar surface area (TPSA) is 78.1 Å². The number of nitrogen functional groups attached to an aromatic ring is 1. The van der Waals surface area contributed by atoms with Gasteiger partial charge in [-0.05, 0) is 24.3 Å². The van der Waals surface area contributed by atoms with E-state index in [0.29, 0.717) is 5.56 Å². The molecule has 2 N–H and O–H groups in total. The van der Waals surface area contributed by atoms with Crippen molar-refractivity contribution in [3.05, 3.63) is 42.4 Å². The number of rotatable bonds is 2. The number of benzene rings is 1. The molecule has 0 spiro atoms. The summed E-state index contributed by atoms with van der Waals surface area (Å²) in [6.07, 6.45) is -1.66. The Bertz CT molecular complexity index is 763. The van der Waals surface area contributed by atoms with Gasteiger partial charge in [0, 0.05) is 5.69 Å². The lowest BCUT2D eigenvalue weighted by molar-refractivity contribution is -0.137. The van der Waals surface area contributed by atoms with Gasteiger partial charge in [-0.1, -0.05) is 5.16 Å². The summed E-state index contributed by atoms with van der Waals surface area (Å²) in [7, 11) is 0. The lowest BCUT2D eigenvalue weighted by atomic mass is 10.1. The van der Waals surface area contributed by atoms with E-state index < -0.39 is 11.7 Å². The summed E-state index contributed by atoms with van der Waals surface area (Å²) in [5.74, 6) is 0.116. The maximum atomic E-state index is 12.7. The van der Waals surface area contributed by atoms with Crippen LogP contribution in [0.3, 0.4) is 0 Å². The molecule has 3 aromatic rings. The second-order valence-corrected chi connectivity index (χ2v) is 4.23. The van der Waals surface area contributed by atoms with Gasteiger partial charge in [-0.25, -0.2) is 0 Å². The molecule has 0 saturated carbocycles. The molecule has 2 aromatic heterocycles. The van der Waals surface area contributed by atoms with Gasteiger partial charge >= 0.3 is 6.18 Å². The summed E-state index contributed by atoms with van der Waals surface area (Å²) in [6.45, 7) is 0. The van der Waals surface area contributed by atoms with E-state index in [-0.39, 0.29) is 23.0 Å². The Morgan fingerprint density at radius 3 is 2.62 bits per heavy atom. The predicted octanol–water partition coefficient (Wildman–Crippen LogP) is 3.60. The fraction of sp³-hybridized carbons (Fsp3) is 0.0769. The Hall–Kier alpha value is -2.77. The summed E-state index contributed by atoms with van der Waals surface area (Å²) in [5.41, 5.74) is 5.54. The Morgan fingerprint density at radius 2 is 1.95 bits per heavy atom. The van der Waals surface area contributed by atoms with E-state index in [2.05, 4.69) is 10.1 Å². The third-order valence-electron chi connectivity index (χ3n) is 2.82. The lowest BCUT2D eigenvalue weighted by Gasteiger charge is -2.08. The first-order valence-electron chi connectivity index (χ1n) is 5.78. The third-order valence-corrected chi connectivity index (χ3v) is 2.82. The van der Waals surface area contributed by atoms with Crippen LogP contribution >= 0.6 is 0 Å². The zero-order valence-electron chi connectivity index (χ0n) is 10.4. The molecule has 0 radical (unpaired) electrons. The Morgan fingerprint density at radius 1 is 1.14 bits per heavy atom. The summed E-state index contributed by atoms with van der Waals surface area (Å²) in [5, 5.41) is 3.69. The fourth-order valence-corrected chi connectivity index (χ4v) is 1.76. The maximum absolute atomic E-state index is 12.7. The molecule has 0 fully saturated rings. The van der Waals surface area contributed by atoms with Gasteiger partial charge in [0.1, 0.15) is 6.26 Å². The minimum absolute atomic E-state index is 0.0343. The number of halogens is 3. The van der Waals surface area contributed by atoms with Gasteiger partial charge in [-0.2, -0.15) is 18.2 Å². The number of hydrogen-bond donors (Lipinski definition) is 1. The van der Waals surface area contributed by atoms with Crippen LogP contribution in [0.25, 0.3) is 22.8 Å². The second kappa shape index (κ2) is 4.65. The van der Waals surface area contributed by atoms with Crippen molar-refractivity contribution in [1.82, 2.24) is 10.1 Å². The van der Waals surface area contributed by atoms with Crippen LogP contribution < -0.4 is 5.73 Å². The van der Waals surface area contributed by atoms with Crippen LogP contribution in [0, 0.1) is 0 Å². The molecule has 0 saturated heterocycles. The fourth-order valence-electron chi connectivity index (χ4n) is 1.76. The zero-order chi connectivity index (χ0) is 15.0. The van der Waals surface area contributed by atoms with Gasteiger partial charge in [0.15, 0.2) is 0 Å². The quantitative estimate of drug-likeness (QED) is 0.731. The summed E-state index contributed by atoms with van der Waals surface area (Å²) in [4.78, 5) is 4.02. The normalized spacial score (nSPS) is 11.8. The monoisotopic (exact) mass is 295 g/mol. The predicted molar refractivity (Wildman–Crippen MR) is 66.9 cm³/mol. The summed E-state index contributed by atoms with van der Waals surface area (Å²) in [6, 6.07) is 4.53. The lowest BCUT2D eigenvalue weighted by Crippen LogP contribution is -2.05. The molecule has 2 heterocycles. The van der Waals surface area contributed by atoms with Crippen molar-refractivity contribution < 1.29 is 22.1 Å². The molecule has 0 amide bonds. The number of nitrogens with zero attached hydrogens (tertiary/aromatic N) is 2. The molecule has 21 heavy (non-hydrogen) atoms. The zero-order valence-corrected chi connectivity index (χ0v) is 10.4. The van der Waals surface area contributed by atoms with Crippen LogP contribution in [0.5, 0.6) is 0 Å². The highest BCUT2D eigenvalue weighted by molar-refractivity contribution is 5.72. The van der Waals surface area contributed by atoms with Crippen LogP contribution in [-0.4, -0.2) is 10.1 Å². The van der Waals surface area contributed by atoms with E-state index in [9.17, 15) is 13.2 Å². The maximum Gasteiger partial charge on any atom is 0.416 e. The highest BCUT2D eigenvalue weighted by Gasteiger charge is 2.31. The first kappa shape index (κ1) is 13.2. The third kappa shape index (κ3) is 2.47. The molecule has 0 aliphatic rings. The van der Waals surface area contributed by atoms with Crippen molar-refractivity contribution in [3.63, 3.8) is 0 Å². The van der Waals surface area contributed by atoms with Crippen molar-refractivity contribution in [1.29, 1.82) is 0 Å². The van der Waals surface area contributed by atoms with Crippen LogP contribution in [0.1, 0.15) is 5.56 Å². The Kier molecular flexibility index (Phi) is 2.93. The van der Waals surface area contributed by atoms with E-state index in [1.807, 2.05) is 0 Å². The van der Waals surface area contributed by atoms with Gasteiger partial charge in [-0.3, -0.25) is 0 Å². The largest absolute Gasteiger partial charge is 0.472 e. The molecule has 8 heteroatoms. The Balaban J connectivity index is 2.04. The van der Waals surface area contributed by atoms with Crippen molar-refractivity contribution in [3.8, 4) is 22.8 Å². The van der Waals surface area contributed by atoms with Crippen LogP contribution in [0.15, 0.2) is 45.7 Å². The number of alkyl halides is 3. The molecule has 0 aliphatic heterocycles. The number of furan rings is 1. The van der Waals surface area contributed by atoms with E-state index in [0.717, 1.165) is 18.2 Å². The number of aromatic nitrogens is 2. The van der Waals surface area contributed by atoms with E-state index >= 15 is 0 Å². The van der Waals surface area contributed by atoms with Crippen LogP contribution in [0.4, 0.5) is 18.9 Å². The standard InChI is InChI=1S/C13H8F3N3O2/c14-13(15,16)8-1-2-10(17)9(5-8)12-18-11(19-21-12)7-3-4-20-6-7/h1-6H,17H2. The first-order chi connectivity index (χ1) is 9.95. The highest BCUT2D eigenvalue weighted by atomic mass is 19.4. The number of hydrogen-bond acceptors (Lipinski definition) is 5. The van der Waals surface area contributed by atoms with Gasteiger partial charge in [0.25, 0.3) is 5.89 Å². The highest BCUT2D eigenvalue weighted by Crippen LogP contribution is 2.35. The molecule has 3 rings (SSSR count).